The fourth-order valence-electron chi connectivity index (χ4n) is 14.9. The number of aromatic nitrogens is 6. The van der Waals surface area contributed by atoms with Gasteiger partial charge in [-0.25, -0.2) is 19.6 Å². The van der Waals surface area contributed by atoms with Gasteiger partial charge in [0.2, 0.25) is 0 Å². The molecule has 0 bridgehead atoms. The molecule has 4 fully saturated rings. The molecule has 478 valence electrons. The van der Waals surface area contributed by atoms with Gasteiger partial charge in [-0.05, 0) is 97.2 Å². The van der Waals surface area contributed by atoms with Crippen molar-refractivity contribution in [1.82, 2.24) is 30.0 Å². The molecule has 6 aromatic carbocycles. The van der Waals surface area contributed by atoms with Gasteiger partial charge in [-0.3, -0.25) is 38.4 Å². The van der Waals surface area contributed by atoms with Gasteiger partial charge >= 0.3 is 12.2 Å². The zero-order valence-electron chi connectivity index (χ0n) is 51.1. The van der Waals surface area contributed by atoms with E-state index in [2.05, 4.69) is 20.4 Å². The second-order valence-corrected chi connectivity index (χ2v) is 29.5. The Kier molecular flexibility index (Phi) is 13.9. The predicted octanol–water partition coefficient (Wildman–Crippen LogP) is 14.8. The van der Waals surface area contributed by atoms with Crippen LogP contribution in [0.4, 0.5) is 19.6 Å². The Morgan fingerprint density at radius 1 is 0.439 bits per heavy atom. The normalized spacial score (nSPS) is 20.8. The standard InChI is InChI=1S/C74H46N8O12S4/c83-61-39-15-7-8-16-40(39)62(84)51(61)27-37-25-47-55-56(78-81(77-55)73(91)93-31-33-11-3-1-4-12-33)48-26-38(96-70(48)69(47)95-37)28-52-63(85)43-21-19-35(23-45(43)64(52)86)36-20-22-44-46(24-36)68(90)60(67(44)89)76-54-30-50-58-57(79-82(80-58)74(92)94-32-34-13-5-2-6-14-34)49-29-53(97-71(49)72(50)98-54)75-59-65(87)41-17-9-10-18-42(41)66(59)88/h1-8,11-16,19,21,23,25-30,36,41-42,44,46H,9-10,17-18,20,22,24,31-32H2/b52-28+,75-59?,76-60?. The van der Waals surface area contributed by atoms with E-state index in [0.29, 0.717) is 125 Å². The lowest BCUT2D eigenvalue weighted by Gasteiger charge is -2.30. The quantitative estimate of drug-likeness (QED) is 0.0959. The summed E-state index contributed by atoms with van der Waals surface area (Å²) in [7, 11) is 0. The highest BCUT2D eigenvalue weighted by Gasteiger charge is 2.51. The van der Waals surface area contributed by atoms with Gasteiger partial charge in [-0.2, -0.15) is 0 Å². The Balaban J connectivity index is 0.635. The van der Waals surface area contributed by atoms with Crippen LogP contribution in [-0.2, 0) is 41.9 Å². The zero-order chi connectivity index (χ0) is 66.5. The first kappa shape index (κ1) is 59.6. The van der Waals surface area contributed by atoms with Gasteiger partial charge in [0.25, 0.3) is 0 Å². The van der Waals surface area contributed by atoms with Crippen LogP contribution in [0.5, 0.6) is 0 Å². The maximum Gasteiger partial charge on any atom is 0.452 e. The number of nitrogens with zero attached hydrogens (tertiary/aromatic N) is 8. The molecule has 4 saturated carbocycles. The Bertz CT molecular complexity index is 5780. The molecule has 5 unspecified atom stereocenters. The summed E-state index contributed by atoms with van der Waals surface area (Å²) in [6.07, 6.45) is 5.70. The Morgan fingerprint density at radius 3 is 1.31 bits per heavy atom. The van der Waals surface area contributed by atoms with E-state index < -0.39 is 41.4 Å². The minimum absolute atomic E-state index is 0.0186. The number of hydrogen-bond acceptors (Lipinski definition) is 22. The van der Waals surface area contributed by atoms with Gasteiger partial charge in [-0.1, -0.05) is 119 Å². The van der Waals surface area contributed by atoms with Crippen LogP contribution in [0.25, 0.3) is 74.6 Å². The van der Waals surface area contributed by atoms with Crippen LogP contribution >= 0.6 is 45.3 Å². The highest BCUT2D eigenvalue weighted by Crippen LogP contribution is 2.51. The van der Waals surface area contributed by atoms with E-state index in [1.54, 1.807) is 78.9 Å². The van der Waals surface area contributed by atoms with E-state index in [1.807, 2.05) is 60.7 Å². The van der Waals surface area contributed by atoms with Crippen molar-refractivity contribution in [3.63, 3.8) is 0 Å². The first-order chi connectivity index (χ1) is 47.7. The number of hydrogen-bond donors (Lipinski definition) is 0. The number of allylic oxidation sites excluding steroid dienone is 2. The molecule has 12 aromatic rings. The Morgan fingerprint density at radius 2 is 0.837 bits per heavy atom. The van der Waals surface area contributed by atoms with Gasteiger partial charge in [0.1, 0.15) is 45.3 Å². The van der Waals surface area contributed by atoms with Crippen molar-refractivity contribution in [3.05, 3.63) is 187 Å². The van der Waals surface area contributed by atoms with E-state index in [9.17, 15) is 47.9 Å². The van der Waals surface area contributed by atoms with E-state index in [0.717, 1.165) is 39.1 Å². The molecule has 20 nitrogen and oxygen atoms in total. The van der Waals surface area contributed by atoms with Crippen molar-refractivity contribution >= 4 is 200 Å². The molecule has 0 amide bonds. The summed E-state index contributed by atoms with van der Waals surface area (Å²) < 4.78 is 14.0. The third-order valence-electron chi connectivity index (χ3n) is 19.7. The fraction of sp³-hybridized carbons (Fsp3) is 0.189. The van der Waals surface area contributed by atoms with Crippen molar-refractivity contribution in [3.8, 4) is 0 Å². The smallest absolute Gasteiger partial charge is 0.442 e. The zero-order valence-corrected chi connectivity index (χ0v) is 54.4. The summed E-state index contributed by atoms with van der Waals surface area (Å²) in [6.45, 7) is -0.0642. The van der Waals surface area contributed by atoms with Crippen LogP contribution in [0.2, 0.25) is 0 Å². The monoisotopic (exact) mass is 1370 g/mol. The lowest BCUT2D eigenvalue weighted by atomic mass is 9.72. The van der Waals surface area contributed by atoms with Crippen LogP contribution in [0.15, 0.2) is 149 Å². The second kappa shape index (κ2) is 22.9. The number of Topliss-reactive ketones (excluding diaryl/α,β-unsaturated/α-hetero) is 8. The third kappa shape index (κ3) is 9.54. The molecule has 18 rings (SSSR count). The third-order valence-corrected chi connectivity index (χ3v) is 24.2. The van der Waals surface area contributed by atoms with Crippen molar-refractivity contribution in [2.75, 3.05) is 0 Å². The molecule has 6 aliphatic rings. The highest BCUT2D eigenvalue weighted by atomic mass is 32.1. The summed E-state index contributed by atoms with van der Waals surface area (Å²) in [5.41, 5.74) is 4.43. The molecule has 24 heteroatoms. The molecule has 6 aliphatic carbocycles. The average Bonchev–Trinajstić information content (AvgIpc) is 1.57. The van der Waals surface area contributed by atoms with E-state index in [4.69, 9.17) is 19.5 Å². The minimum atomic E-state index is -0.830. The van der Waals surface area contributed by atoms with Crippen molar-refractivity contribution in [1.29, 1.82) is 0 Å². The highest BCUT2D eigenvalue weighted by molar-refractivity contribution is 7.31. The lowest BCUT2D eigenvalue weighted by molar-refractivity contribution is -0.121. The van der Waals surface area contributed by atoms with Gasteiger partial charge in [-0.15, -0.1) is 65.7 Å². The molecule has 98 heavy (non-hydrogen) atoms. The number of thiophene rings is 4. The lowest BCUT2D eigenvalue weighted by Crippen LogP contribution is -2.26. The molecule has 5 atom stereocenters. The summed E-state index contributed by atoms with van der Waals surface area (Å²) in [5, 5.41) is 21.5. The van der Waals surface area contributed by atoms with Crippen molar-refractivity contribution in [2.24, 2.45) is 33.7 Å². The predicted molar refractivity (Wildman–Crippen MR) is 370 cm³/mol. The van der Waals surface area contributed by atoms with Gasteiger partial charge < -0.3 is 9.47 Å². The molecule has 0 spiro atoms. The molecule has 0 saturated heterocycles. The maximum absolute atomic E-state index is 14.6. The van der Waals surface area contributed by atoms with Crippen LogP contribution in [0, 0.1) is 23.7 Å². The minimum Gasteiger partial charge on any atom is -0.442 e. The maximum atomic E-state index is 14.6. The van der Waals surface area contributed by atoms with Crippen LogP contribution < -0.4 is 0 Å². The molecule has 6 heterocycles. The number of rotatable bonds is 9. The number of ketones is 8. The number of fused-ring (bicyclic) bond motifs is 16. The van der Waals surface area contributed by atoms with Crippen LogP contribution in [-0.4, -0.2) is 99.9 Å². The van der Waals surface area contributed by atoms with Crippen molar-refractivity contribution < 1.29 is 57.4 Å². The largest absolute Gasteiger partial charge is 0.452 e. The molecule has 6 aromatic heterocycles. The average molecular weight is 1370 g/mol. The topological polar surface area (TPSA) is 275 Å². The molecular formula is C74H46N8O12S4. The number of carbonyl (C=O) groups excluding carboxylic acids is 10. The number of carbonyl (C=O) groups is 10. The SMILES string of the molecule is O=C1C(=Cc2cc3c4nn(C(=O)OCc5ccccc5)nc4c4cc(/C=C5\C(=O)c6ccc(C7CCC8C(=O)C(=Nc9cc%10c%11nn(C(=O)OCc%12ccccc%12)nc%11c%11cc(N=C%12C(=O)C%13CCCCC%13C%12=O)sc%11c%10s9)C(=O)C8C7)cc6C5=O)sc4c3s2)C(=O)c2ccccc21. The van der Waals surface area contributed by atoms with Crippen molar-refractivity contribution in [2.45, 2.75) is 64.1 Å². The number of benzene rings is 6. The summed E-state index contributed by atoms with van der Waals surface area (Å²) in [5.74, 6) is -5.28. The van der Waals surface area contributed by atoms with Crippen LogP contribution in [0.3, 0.4) is 0 Å². The van der Waals surface area contributed by atoms with E-state index in [1.165, 1.54) is 45.3 Å². The van der Waals surface area contributed by atoms with Crippen LogP contribution in [0.1, 0.15) is 119 Å². The molecule has 0 radical (unpaired) electrons. The fourth-order valence-corrected chi connectivity index (χ4v) is 19.5. The first-order valence-corrected chi connectivity index (χ1v) is 35.1. The van der Waals surface area contributed by atoms with Gasteiger partial charge in [0, 0.05) is 77.2 Å². The second-order valence-electron chi connectivity index (χ2n) is 25.3. The van der Waals surface area contributed by atoms with E-state index in [-0.39, 0.29) is 93.6 Å². The molecular weight excluding hydrogens is 1320 g/mol. The number of aliphatic imine (C=N–C) groups is 2. The Hall–Kier alpha value is -10.9. The van der Waals surface area contributed by atoms with Gasteiger partial charge in [0.15, 0.2) is 57.7 Å². The summed E-state index contributed by atoms with van der Waals surface area (Å²) in [6, 6.07) is 37.2. The molecule has 0 aliphatic heterocycles. The summed E-state index contributed by atoms with van der Waals surface area (Å²) >= 11 is 5.08. The summed E-state index contributed by atoms with van der Waals surface area (Å²) in [4.78, 5) is 152. The van der Waals surface area contributed by atoms with Gasteiger partial charge in [0.05, 0.1) is 29.9 Å². The Labute approximate surface area is 568 Å². The first-order valence-electron chi connectivity index (χ1n) is 31.8. The molecule has 0 N–H and O–H groups in total. The number of ether oxygens (including phenoxy) is 2. The van der Waals surface area contributed by atoms with E-state index >= 15 is 0 Å².